The molecule has 0 spiro atoms. The number of hydrogen-bond donors (Lipinski definition) is 2. The largest absolute Gasteiger partial charge is 0.384 e. The fourth-order valence-corrected chi connectivity index (χ4v) is 1.38. The minimum Gasteiger partial charge on any atom is -0.384 e. The molecule has 1 aromatic rings. The van der Waals surface area contributed by atoms with Gasteiger partial charge in [-0.05, 0) is 30.5 Å². The lowest BCUT2D eigenvalue weighted by molar-refractivity contribution is 0.0910. The first-order valence-corrected chi connectivity index (χ1v) is 6.35. The summed E-state index contributed by atoms with van der Waals surface area (Å²) in [6.45, 7) is 8.06. The quantitative estimate of drug-likeness (QED) is 0.800. The molecule has 2 N–H and O–H groups in total. The van der Waals surface area contributed by atoms with E-state index in [0.29, 0.717) is 5.56 Å². The molecule has 0 saturated heterocycles. The average Bonchev–Trinajstić information content (AvgIpc) is 2.35. The molecule has 1 aromatic carbocycles. The molecule has 0 radical (unpaired) electrons. The number of nitrogens with one attached hydrogen (secondary N) is 1. The van der Waals surface area contributed by atoms with Crippen LogP contribution in [0.2, 0.25) is 0 Å². The van der Waals surface area contributed by atoms with Crippen LogP contribution in [0.3, 0.4) is 0 Å². The van der Waals surface area contributed by atoms with E-state index < -0.39 is 0 Å². The molecule has 0 heterocycles. The Morgan fingerprint density at radius 3 is 2.68 bits per heavy atom. The predicted molar refractivity (Wildman–Crippen MR) is 76.8 cm³/mol. The summed E-state index contributed by atoms with van der Waals surface area (Å²) in [4.78, 5) is 12.1. The second-order valence-electron chi connectivity index (χ2n) is 5.60. The van der Waals surface area contributed by atoms with Crippen LogP contribution in [-0.4, -0.2) is 23.7 Å². The smallest absolute Gasteiger partial charge is 0.251 e. The lowest BCUT2D eigenvalue weighted by Gasteiger charge is -2.28. The van der Waals surface area contributed by atoms with Crippen molar-refractivity contribution in [2.75, 3.05) is 6.61 Å². The number of rotatable bonds is 2. The Morgan fingerprint density at radius 1 is 1.42 bits per heavy atom. The molecule has 19 heavy (non-hydrogen) atoms. The summed E-state index contributed by atoms with van der Waals surface area (Å²) in [7, 11) is 0. The molecule has 1 amide bonds. The van der Waals surface area contributed by atoms with E-state index >= 15 is 0 Å². The van der Waals surface area contributed by atoms with Crippen molar-refractivity contribution in [3.63, 3.8) is 0 Å². The molecule has 3 nitrogen and oxygen atoms in total. The SMILES string of the molecule is CC(NC(=O)c1cccc(C#CCO)c1)C(C)(C)C. The van der Waals surface area contributed by atoms with Gasteiger partial charge in [-0.15, -0.1) is 0 Å². The van der Waals surface area contributed by atoms with Gasteiger partial charge in [0, 0.05) is 17.2 Å². The van der Waals surface area contributed by atoms with Gasteiger partial charge in [0.25, 0.3) is 5.91 Å². The third-order valence-electron chi connectivity index (χ3n) is 3.08. The van der Waals surface area contributed by atoms with Crippen LogP contribution in [0, 0.1) is 17.3 Å². The average molecular weight is 259 g/mol. The van der Waals surface area contributed by atoms with Crippen molar-refractivity contribution in [2.24, 2.45) is 5.41 Å². The normalized spacial score (nSPS) is 12.3. The zero-order chi connectivity index (χ0) is 14.5. The van der Waals surface area contributed by atoms with E-state index in [2.05, 4.69) is 37.9 Å². The zero-order valence-electron chi connectivity index (χ0n) is 11.9. The molecular formula is C16H21NO2. The molecule has 0 bridgehead atoms. The highest BCUT2D eigenvalue weighted by atomic mass is 16.2. The highest BCUT2D eigenvalue weighted by Crippen LogP contribution is 2.19. The first-order chi connectivity index (χ1) is 8.84. The van der Waals surface area contributed by atoms with Gasteiger partial charge in [0.1, 0.15) is 6.61 Å². The number of amides is 1. The Hall–Kier alpha value is -1.79. The third kappa shape index (κ3) is 4.76. The maximum atomic E-state index is 12.1. The van der Waals surface area contributed by atoms with Crippen LogP contribution in [-0.2, 0) is 0 Å². The third-order valence-corrected chi connectivity index (χ3v) is 3.08. The molecule has 1 unspecified atom stereocenters. The van der Waals surface area contributed by atoms with Crippen molar-refractivity contribution in [1.29, 1.82) is 0 Å². The highest BCUT2D eigenvalue weighted by molar-refractivity contribution is 5.94. The number of aliphatic hydroxyl groups excluding tert-OH is 1. The fraction of sp³-hybridized carbons (Fsp3) is 0.438. The minimum absolute atomic E-state index is 0.0178. The van der Waals surface area contributed by atoms with E-state index in [9.17, 15) is 4.79 Å². The van der Waals surface area contributed by atoms with Crippen molar-refractivity contribution >= 4 is 5.91 Å². The maximum Gasteiger partial charge on any atom is 0.251 e. The highest BCUT2D eigenvalue weighted by Gasteiger charge is 2.22. The van der Waals surface area contributed by atoms with E-state index in [1.807, 2.05) is 13.0 Å². The van der Waals surface area contributed by atoms with Crippen molar-refractivity contribution in [3.8, 4) is 11.8 Å². The van der Waals surface area contributed by atoms with Crippen molar-refractivity contribution in [1.82, 2.24) is 5.32 Å². The molecule has 102 valence electrons. The predicted octanol–water partition coefficient (Wildman–Crippen LogP) is 2.19. The molecule has 1 rings (SSSR count). The van der Waals surface area contributed by atoms with Crippen molar-refractivity contribution < 1.29 is 9.90 Å². The number of hydrogen-bond acceptors (Lipinski definition) is 2. The van der Waals surface area contributed by atoms with Crippen molar-refractivity contribution in [3.05, 3.63) is 35.4 Å². The van der Waals surface area contributed by atoms with Crippen LogP contribution < -0.4 is 5.32 Å². The van der Waals surface area contributed by atoms with Gasteiger partial charge in [-0.25, -0.2) is 0 Å². The standard InChI is InChI=1S/C16H21NO2/c1-12(16(2,3)4)17-15(19)14-9-5-7-13(11-14)8-6-10-18/h5,7,9,11-12,18H,10H2,1-4H3,(H,17,19). The number of aliphatic hydroxyl groups is 1. The van der Waals surface area contributed by atoms with Gasteiger partial charge in [0.2, 0.25) is 0 Å². The summed E-state index contributed by atoms with van der Waals surface area (Å²) in [6, 6.07) is 7.17. The molecular weight excluding hydrogens is 238 g/mol. The summed E-state index contributed by atoms with van der Waals surface area (Å²) in [5.74, 6) is 5.26. The monoisotopic (exact) mass is 259 g/mol. The van der Waals surface area contributed by atoms with Crippen LogP contribution in [0.1, 0.15) is 43.6 Å². The van der Waals surface area contributed by atoms with Gasteiger partial charge in [-0.1, -0.05) is 38.7 Å². The van der Waals surface area contributed by atoms with Gasteiger partial charge in [0.05, 0.1) is 0 Å². The lowest BCUT2D eigenvalue weighted by atomic mass is 9.88. The lowest BCUT2D eigenvalue weighted by Crippen LogP contribution is -2.41. The molecule has 0 aliphatic carbocycles. The first-order valence-electron chi connectivity index (χ1n) is 6.35. The number of benzene rings is 1. The summed E-state index contributed by atoms with van der Waals surface area (Å²) >= 11 is 0. The number of carbonyl (C=O) groups excluding carboxylic acids is 1. The van der Waals surface area contributed by atoms with Crippen molar-refractivity contribution in [2.45, 2.75) is 33.7 Å². The maximum absolute atomic E-state index is 12.1. The molecule has 1 atom stereocenters. The second kappa shape index (κ2) is 6.40. The van der Waals surface area contributed by atoms with Crippen LogP contribution in [0.4, 0.5) is 0 Å². The summed E-state index contributed by atoms with van der Waals surface area (Å²) < 4.78 is 0. The Kier molecular flexibility index (Phi) is 5.14. The van der Waals surface area contributed by atoms with Gasteiger partial charge in [-0.3, -0.25) is 4.79 Å². The number of carbonyl (C=O) groups is 1. The van der Waals surface area contributed by atoms with Crippen LogP contribution in [0.25, 0.3) is 0 Å². The van der Waals surface area contributed by atoms with E-state index in [1.54, 1.807) is 18.2 Å². The Bertz CT molecular complexity index is 503. The van der Waals surface area contributed by atoms with Crippen LogP contribution >= 0.6 is 0 Å². The summed E-state index contributed by atoms with van der Waals surface area (Å²) in [5.41, 5.74) is 1.33. The summed E-state index contributed by atoms with van der Waals surface area (Å²) in [5, 5.41) is 11.6. The molecule has 0 aromatic heterocycles. The van der Waals surface area contributed by atoms with E-state index in [-0.39, 0.29) is 24.0 Å². The van der Waals surface area contributed by atoms with E-state index in [1.165, 1.54) is 0 Å². The minimum atomic E-state index is -0.183. The van der Waals surface area contributed by atoms with Crippen LogP contribution in [0.5, 0.6) is 0 Å². The second-order valence-corrected chi connectivity index (χ2v) is 5.60. The van der Waals surface area contributed by atoms with Gasteiger partial charge in [0.15, 0.2) is 0 Å². The molecule has 3 heteroatoms. The molecule has 0 fully saturated rings. The van der Waals surface area contributed by atoms with E-state index in [0.717, 1.165) is 5.56 Å². The topological polar surface area (TPSA) is 49.3 Å². The molecule has 0 saturated carbocycles. The first kappa shape index (κ1) is 15.3. The van der Waals surface area contributed by atoms with Crippen LogP contribution in [0.15, 0.2) is 24.3 Å². The fourth-order valence-electron chi connectivity index (χ4n) is 1.38. The van der Waals surface area contributed by atoms with Gasteiger partial charge < -0.3 is 10.4 Å². The molecule has 0 aliphatic rings. The Morgan fingerprint density at radius 2 is 2.11 bits per heavy atom. The Labute approximate surface area is 115 Å². The van der Waals surface area contributed by atoms with Gasteiger partial charge >= 0.3 is 0 Å². The zero-order valence-corrected chi connectivity index (χ0v) is 11.9. The van der Waals surface area contributed by atoms with Gasteiger partial charge in [-0.2, -0.15) is 0 Å². The van der Waals surface area contributed by atoms with E-state index in [4.69, 9.17) is 5.11 Å². The molecule has 0 aliphatic heterocycles. The Balaban J connectivity index is 2.83. The summed E-state index contributed by atoms with van der Waals surface area (Å²) in [6.07, 6.45) is 0.